The van der Waals surface area contributed by atoms with Gasteiger partial charge in [0.1, 0.15) is 5.54 Å². The lowest BCUT2D eigenvalue weighted by Crippen LogP contribution is -2.64. The Morgan fingerprint density at radius 1 is 1.29 bits per heavy atom. The predicted molar refractivity (Wildman–Crippen MR) is 86.9 cm³/mol. The van der Waals surface area contributed by atoms with Gasteiger partial charge in [-0.05, 0) is 69.5 Å². The second-order valence-corrected chi connectivity index (χ2v) is 7.39. The SMILES string of the molecule is CCCNC(CN1CCC(C(C)C)CC1)(C(N)=O)C1CC1. The molecule has 1 aliphatic heterocycles. The third-order valence-electron chi connectivity index (χ3n) is 5.45. The van der Waals surface area contributed by atoms with Gasteiger partial charge >= 0.3 is 0 Å². The Kier molecular flexibility index (Phi) is 5.67. The van der Waals surface area contributed by atoms with Gasteiger partial charge in [-0.15, -0.1) is 0 Å². The molecule has 122 valence electrons. The zero-order valence-electron chi connectivity index (χ0n) is 14.0. The first-order valence-corrected chi connectivity index (χ1v) is 8.77. The standard InChI is InChI=1S/C17H33N3O/c1-4-9-19-17(16(18)21,15-5-6-15)12-20-10-7-14(8-11-20)13(2)3/h13-15,19H,4-12H2,1-3H3,(H2,18,21). The molecule has 3 N–H and O–H groups in total. The molecule has 21 heavy (non-hydrogen) atoms. The first-order valence-electron chi connectivity index (χ1n) is 8.77. The Hall–Kier alpha value is -0.610. The van der Waals surface area contributed by atoms with Gasteiger partial charge < -0.3 is 16.0 Å². The molecule has 1 atom stereocenters. The Morgan fingerprint density at radius 2 is 1.90 bits per heavy atom. The maximum absolute atomic E-state index is 12.2. The summed E-state index contributed by atoms with van der Waals surface area (Å²) in [5.74, 6) is 1.91. The van der Waals surface area contributed by atoms with Gasteiger partial charge in [-0.3, -0.25) is 4.79 Å². The van der Waals surface area contributed by atoms with Crippen LogP contribution in [0.3, 0.4) is 0 Å². The molecule has 0 aromatic heterocycles. The van der Waals surface area contributed by atoms with Crippen molar-refractivity contribution in [2.75, 3.05) is 26.2 Å². The fourth-order valence-corrected chi connectivity index (χ4v) is 3.75. The quantitative estimate of drug-likeness (QED) is 0.720. The van der Waals surface area contributed by atoms with Gasteiger partial charge in [-0.1, -0.05) is 20.8 Å². The molecule has 0 radical (unpaired) electrons. The Bertz CT molecular complexity index is 346. The molecule has 0 aromatic carbocycles. The number of piperidine rings is 1. The number of nitrogens with two attached hydrogens (primary N) is 1. The van der Waals surface area contributed by atoms with Crippen LogP contribution >= 0.6 is 0 Å². The number of carbonyl (C=O) groups excluding carboxylic acids is 1. The Morgan fingerprint density at radius 3 is 2.33 bits per heavy atom. The molecule has 4 nitrogen and oxygen atoms in total. The Balaban J connectivity index is 1.97. The molecule has 2 rings (SSSR count). The van der Waals surface area contributed by atoms with Crippen LogP contribution in [0.15, 0.2) is 0 Å². The molecule has 4 heteroatoms. The van der Waals surface area contributed by atoms with Crippen molar-refractivity contribution < 1.29 is 4.79 Å². The number of rotatable bonds is 8. The summed E-state index contributed by atoms with van der Waals surface area (Å²) in [6.45, 7) is 10.7. The van der Waals surface area contributed by atoms with E-state index in [0.29, 0.717) is 5.92 Å². The average molecular weight is 295 g/mol. The normalized spacial score (nSPS) is 24.2. The summed E-state index contributed by atoms with van der Waals surface area (Å²) in [7, 11) is 0. The van der Waals surface area contributed by atoms with E-state index >= 15 is 0 Å². The van der Waals surface area contributed by atoms with Gasteiger partial charge in [0.05, 0.1) is 0 Å². The van der Waals surface area contributed by atoms with Gasteiger partial charge in [-0.25, -0.2) is 0 Å². The number of primary amides is 1. The molecule has 1 aliphatic carbocycles. The van der Waals surface area contributed by atoms with Crippen LogP contribution in [0.25, 0.3) is 0 Å². The van der Waals surface area contributed by atoms with Crippen molar-refractivity contribution >= 4 is 5.91 Å². The predicted octanol–water partition coefficient (Wildman–Crippen LogP) is 1.99. The summed E-state index contributed by atoms with van der Waals surface area (Å²) in [6.07, 6.45) is 5.83. The van der Waals surface area contributed by atoms with Crippen molar-refractivity contribution in [3.63, 3.8) is 0 Å². The number of likely N-dealkylation sites (tertiary alicyclic amines) is 1. The second kappa shape index (κ2) is 7.10. The minimum absolute atomic E-state index is 0.149. The lowest BCUT2D eigenvalue weighted by molar-refractivity contribution is -0.126. The van der Waals surface area contributed by atoms with E-state index < -0.39 is 5.54 Å². The first kappa shape index (κ1) is 16.8. The van der Waals surface area contributed by atoms with Gasteiger partial charge in [0.2, 0.25) is 5.91 Å². The largest absolute Gasteiger partial charge is 0.368 e. The molecule has 2 fully saturated rings. The van der Waals surface area contributed by atoms with Crippen LogP contribution in [0.2, 0.25) is 0 Å². The van der Waals surface area contributed by atoms with Crippen LogP contribution in [-0.2, 0) is 4.79 Å². The molecule has 0 bridgehead atoms. The van der Waals surface area contributed by atoms with E-state index in [1.54, 1.807) is 0 Å². The molecule has 1 unspecified atom stereocenters. The number of nitrogens with one attached hydrogen (secondary N) is 1. The number of hydrogen-bond donors (Lipinski definition) is 2. The van der Waals surface area contributed by atoms with Crippen LogP contribution in [0.1, 0.15) is 52.9 Å². The highest BCUT2D eigenvalue weighted by Gasteiger charge is 2.50. The number of nitrogens with zero attached hydrogens (tertiary/aromatic N) is 1. The number of carbonyl (C=O) groups is 1. The van der Waals surface area contributed by atoms with Crippen molar-refractivity contribution in [1.29, 1.82) is 0 Å². The summed E-state index contributed by atoms with van der Waals surface area (Å²) < 4.78 is 0. The minimum atomic E-state index is -0.485. The second-order valence-electron chi connectivity index (χ2n) is 7.39. The van der Waals surface area contributed by atoms with Crippen LogP contribution in [0, 0.1) is 17.8 Å². The number of hydrogen-bond acceptors (Lipinski definition) is 3. The van der Waals surface area contributed by atoms with E-state index in [2.05, 4.69) is 31.0 Å². The fourth-order valence-electron chi connectivity index (χ4n) is 3.75. The molecule has 2 aliphatic rings. The highest BCUT2D eigenvalue weighted by Crippen LogP contribution is 2.40. The molecular formula is C17H33N3O. The van der Waals surface area contributed by atoms with Crippen LogP contribution in [0.5, 0.6) is 0 Å². The van der Waals surface area contributed by atoms with Crippen molar-refractivity contribution in [3.8, 4) is 0 Å². The van der Waals surface area contributed by atoms with Gasteiger partial charge in [0, 0.05) is 6.54 Å². The first-order chi connectivity index (χ1) is 9.99. The zero-order valence-corrected chi connectivity index (χ0v) is 14.0. The van der Waals surface area contributed by atoms with Crippen LogP contribution in [-0.4, -0.2) is 42.5 Å². The van der Waals surface area contributed by atoms with Crippen molar-refractivity contribution in [2.45, 2.75) is 58.4 Å². The summed E-state index contributed by atoms with van der Waals surface area (Å²) in [5.41, 5.74) is 5.33. The number of amides is 1. The summed E-state index contributed by atoms with van der Waals surface area (Å²) >= 11 is 0. The average Bonchev–Trinajstić information content (AvgIpc) is 3.28. The minimum Gasteiger partial charge on any atom is -0.368 e. The third-order valence-corrected chi connectivity index (χ3v) is 5.45. The molecule has 1 heterocycles. The van der Waals surface area contributed by atoms with Crippen molar-refractivity contribution in [1.82, 2.24) is 10.2 Å². The lowest BCUT2D eigenvalue weighted by atomic mass is 9.85. The van der Waals surface area contributed by atoms with E-state index in [-0.39, 0.29) is 5.91 Å². The van der Waals surface area contributed by atoms with E-state index in [1.165, 1.54) is 12.8 Å². The fraction of sp³-hybridized carbons (Fsp3) is 0.941. The zero-order chi connectivity index (χ0) is 15.5. The molecule has 1 amide bonds. The molecule has 0 aromatic rings. The Labute approximate surface area is 129 Å². The van der Waals surface area contributed by atoms with Crippen molar-refractivity contribution in [2.24, 2.45) is 23.5 Å². The topological polar surface area (TPSA) is 58.4 Å². The van der Waals surface area contributed by atoms with E-state index in [4.69, 9.17) is 5.73 Å². The van der Waals surface area contributed by atoms with Gasteiger partial charge in [0.25, 0.3) is 0 Å². The summed E-state index contributed by atoms with van der Waals surface area (Å²) in [4.78, 5) is 14.7. The maximum Gasteiger partial charge on any atom is 0.239 e. The van der Waals surface area contributed by atoms with E-state index in [0.717, 1.165) is 57.3 Å². The monoisotopic (exact) mass is 295 g/mol. The van der Waals surface area contributed by atoms with Crippen molar-refractivity contribution in [3.05, 3.63) is 0 Å². The highest BCUT2D eigenvalue weighted by atomic mass is 16.1. The van der Waals surface area contributed by atoms with Crippen LogP contribution in [0.4, 0.5) is 0 Å². The summed E-state index contributed by atoms with van der Waals surface area (Å²) in [5, 5.41) is 3.51. The smallest absolute Gasteiger partial charge is 0.239 e. The van der Waals surface area contributed by atoms with E-state index in [9.17, 15) is 4.79 Å². The molecule has 1 saturated carbocycles. The third kappa shape index (κ3) is 3.98. The molecule has 0 spiro atoms. The lowest BCUT2D eigenvalue weighted by Gasteiger charge is -2.41. The van der Waals surface area contributed by atoms with Crippen LogP contribution < -0.4 is 11.1 Å². The van der Waals surface area contributed by atoms with Gasteiger partial charge in [-0.2, -0.15) is 0 Å². The van der Waals surface area contributed by atoms with E-state index in [1.807, 2.05) is 0 Å². The van der Waals surface area contributed by atoms with Gasteiger partial charge in [0.15, 0.2) is 0 Å². The molecular weight excluding hydrogens is 262 g/mol. The molecule has 1 saturated heterocycles. The maximum atomic E-state index is 12.2. The summed E-state index contributed by atoms with van der Waals surface area (Å²) in [6, 6.07) is 0. The highest BCUT2D eigenvalue weighted by molar-refractivity contribution is 5.86.